The summed E-state index contributed by atoms with van der Waals surface area (Å²) in [6.07, 6.45) is 10.9. The molecule has 1 aromatic heterocycles. The Hall–Kier alpha value is -2.78. The Morgan fingerprint density at radius 3 is 2.65 bits per heavy atom. The SMILES string of the molecule is O=C1CCC(N2Cc3c(cccc3N(CCC3CC3)C3CCC(NCc4nccs4)CC3)C2=O)C(=O)N1. The summed E-state index contributed by atoms with van der Waals surface area (Å²) in [5.74, 6) is 0.128. The van der Waals surface area contributed by atoms with Crippen molar-refractivity contribution < 1.29 is 14.4 Å². The normalized spacial score (nSPS) is 25.8. The lowest BCUT2D eigenvalue weighted by Gasteiger charge is -2.39. The summed E-state index contributed by atoms with van der Waals surface area (Å²) >= 11 is 1.70. The topological polar surface area (TPSA) is 94.6 Å². The molecule has 8 nitrogen and oxygen atoms in total. The molecule has 2 saturated carbocycles. The van der Waals surface area contributed by atoms with Gasteiger partial charge >= 0.3 is 0 Å². The van der Waals surface area contributed by atoms with Crippen molar-refractivity contribution in [3.63, 3.8) is 0 Å². The molecule has 1 saturated heterocycles. The summed E-state index contributed by atoms with van der Waals surface area (Å²) in [6.45, 7) is 2.28. The molecule has 3 amide bonds. The number of thiazole rings is 1. The number of carbonyl (C=O) groups excluding carboxylic acids is 3. The van der Waals surface area contributed by atoms with Crippen molar-refractivity contribution in [1.82, 2.24) is 20.5 Å². The van der Waals surface area contributed by atoms with E-state index < -0.39 is 6.04 Å². The van der Waals surface area contributed by atoms with E-state index in [-0.39, 0.29) is 24.1 Å². The third-order valence-corrected chi connectivity index (χ3v) is 9.28. The van der Waals surface area contributed by atoms with Crippen molar-refractivity contribution in [1.29, 1.82) is 0 Å². The number of nitrogens with zero attached hydrogens (tertiary/aromatic N) is 3. The molecule has 0 radical (unpaired) electrons. The highest BCUT2D eigenvalue weighted by Crippen LogP contribution is 2.39. The van der Waals surface area contributed by atoms with Crippen LogP contribution in [0.2, 0.25) is 0 Å². The average molecular weight is 522 g/mol. The summed E-state index contributed by atoms with van der Waals surface area (Å²) in [7, 11) is 0. The fourth-order valence-corrected chi connectivity index (χ4v) is 6.80. The van der Waals surface area contributed by atoms with E-state index >= 15 is 0 Å². The largest absolute Gasteiger partial charge is 0.368 e. The van der Waals surface area contributed by atoms with Gasteiger partial charge in [-0.25, -0.2) is 4.98 Å². The highest BCUT2D eigenvalue weighted by molar-refractivity contribution is 7.09. The molecule has 37 heavy (non-hydrogen) atoms. The van der Waals surface area contributed by atoms with Crippen LogP contribution < -0.4 is 15.5 Å². The standard InChI is InChI=1S/C28H35N5O3S/c34-25-11-10-24(27(35)31-25)33-17-22-21(28(33)36)2-1-3-23(22)32(14-12-18-4-5-18)20-8-6-19(7-9-20)30-16-26-29-13-15-37-26/h1-3,13,15,18-20,24,30H,4-12,14,16-17H2,(H,31,34,35). The lowest BCUT2D eigenvalue weighted by Crippen LogP contribution is -2.52. The zero-order valence-corrected chi connectivity index (χ0v) is 22.0. The van der Waals surface area contributed by atoms with Crippen LogP contribution in [-0.4, -0.2) is 52.3 Å². The molecule has 2 N–H and O–H groups in total. The van der Waals surface area contributed by atoms with E-state index in [0.29, 0.717) is 30.6 Å². The van der Waals surface area contributed by atoms with Gasteiger partial charge in [-0.2, -0.15) is 0 Å². The predicted octanol–water partition coefficient (Wildman–Crippen LogP) is 3.61. The maximum atomic E-state index is 13.4. The molecule has 196 valence electrons. The van der Waals surface area contributed by atoms with Gasteiger partial charge in [0.2, 0.25) is 11.8 Å². The number of imide groups is 1. The molecule has 2 aliphatic carbocycles. The molecule has 0 spiro atoms. The molecule has 2 aliphatic heterocycles. The first-order valence-electron chi connectivity index (χ1n) is 13.7. The van der Waals surface area contributed by atoms with E-state index in [1.807, 2.05) is 23.7 Å². The Kier molecular flexibility index (Phi) is 6.99. The summed E-state index contributed by atoms with van der Waals surface area (Å²) in [5, 5.41) is 9.27. The number of rotatable bonds is 9. The predicted molar refractivity (Wildman–Crippen MR) is 142 cm³/mol. The van der Waals surface area contributed by atoms with Crippen LogP contribution in [0.1, 0.15) is 78.7 Å². The molecule has 3 fully saturated rings. The van der Waals surface area contributed by atoms with Crippen molar-refractivity contribution >= 4 is 34.7 Å². The fourth-order valence-electron chi connectivity index (χ4n) is 6.23. The Morgan fingerprint density at radius 2 is 1.92 bits per heavy atom. The Bertz CT molecular complexity index is 1160. The van der Waals surface area contributed by atoms with Crippen LogP contribution in [0.3, 0.4) is 0 Å². The van der Waals surface area contributed by atoms with Crippen LogP contribution in [0.15, 0.2) is 29.8 Å². The first-order chi connectivity index (χ1) is 18.1. The van der Waals surface area contributed by atoms with Crippen LogP contribution in [0.4, 0.5) is 5.69 Å². The zero-order chi connectivity index (χ0) is 25.4. The van der Waals surface area contributed by atoms with Crippen molar-refractivity contribution in [2.75, 3.05) is 11.4 Å². The number of benzene rings is 1. The summed E-state index contributed by atoms with van der Waals surface area (Å²) in [6, 6.07) is 6.43. The van der Waals surface area contributed by atoms with Gasteiger partial charge in [0.1, 0.15) is 11.0 Å². The van der Waals surface area contributed by atoms with Gasteiger partial charge < -0.3 is 15.1 Å². The van der Waals surface area contributed by atoms with E-state index in [0.717, 1.165) is 60.9 Å². The quantitative estimate of drug-likeness (QED) is 0.490. The number of fused-ring (bicyclic) bond motifs is 1. The third kappa shape index (κ3) is 5.29. The smallest absolute Gasteiger partial charge is 0.255 e. The van der Waals surface area contributed by atoms with Crippen LogP contribution in [0.5, 0.6) is 0 Å². The molecule has 0 bridgehead atoms. The van der Waals surface area contributed by atoms with E-state index in [1.54, 1.807) is 16.2 Å². The van der Waals surface area contributed by atoms with E-state index in [4.69, 9.17) is 0 Å². The van der Waals surface area contributed by atoms with Gasteiger partial charge in [0.15, 0.2) is 0 Å². The molecular formula is C28H35N5O3S. The third-order valence-electron chi connectivity index (χ3n) is 8.50. The van der Waals surface area contributed by atoms with Gasteiger partial charge in [-0.3, -0.25) is 19.7 Å². The zero-order valence-electron chi connectivity index (χ0n) is 21.2. The second-order valence-electron chi connectivity index (χ2n) is 10.9. The van der Waals surface area contributed by atoms with E-state index in [1.165, 1.54) is 19.3 Å². The Balaban J connectivity index is 1.18. The number of carbonyl (C=O) groups is 3. The number of hydrogen-bond acceptors (Lipinski definition) is 7. The van der Waals surface area contributed by atoms with E-state index in [2.05, 4.69) is 26.6 Å². The number of anilines is 1. The Morgan fingerprint density at radius 1 is 1.08 bits per heavy atom. The lowest BCUT2D eigenvalue weighted by molar-refractivity contribution is -0.136. The van der Waals surface area contributed by atoms with Crippen molar-refractivity contribution in [3.05, 3.63) is 45.9 Å². The van der Waals surface area contributed by atoms with Crippen LogP contribution >= 0.6 is 11.3 Å². The highest BCUT2D eigenvalue weighted by atomic mass is 32.1. The minimum atomic E-state index is -0.579. The van der Waals surface area contributed by atoms with Crippen LogP contribution in [0, 0.1) is 5.92 Å². The summed E-state index contributed by atoms with van der Waals surface area (Å²) in [4.78, 5) is 46.3. The minimum absolute atomic E-state index is 0.0939. The number of piperidine rings is 1. The van der Waals surface area contributed by atoms with Gasteiger partial charge in [0.25, 0.3) is 5.91 Å². The first kappa shape index (κ1) is 24.6. The van der Waals surface area contributed by atoms with Crippen LogP contribution in [-0.2, 0) is 22.7 Å². The number of hydrogen-bond donors (Lipinski definition) is 2. The van der Waals surface area contributed by atoms with Gasteiger partial charge in [-0.05, 0) is 56.6 Å². The van der Waals surface area contributed by atoms with Crippen molar-refractivity contribution in [2.45, 2.75) is 89.0 Å². The fraction of sp³-hybridized carbons (Fsp3) is 0.571. The monoisotopic (exact) mass is 521 g/mol. The molecule has 1 unspecified atom stereocenters. The number of amides is 3. The molecule has 4 aliphatic rings. The molecule has 9 heteroatoms. The Labute approximate surface area is 221 Å². The van der Waals surface area contributed by atoms with Crippen LogP contribution in [0.25, 0.3) is 0 Å². The molecule has 2 aromatic rings. The summed E-state index contributed by atoms with van der Waals surface area (Å²) in [5.41, 5.74) is 2.90. The first-order valence-corrected chi connectivity index (χ1v) is 14.6. The van der Waals surface area contributed by atoms with E-state index in [9.17, 15) is 14.4 Å². The average Bonchev–Trinajstić information content (AvgIpc) is 3.46. The van der Waals surface area contributed by atoms with Gasteiger partial charge in [-0.1, -0.05) is 18.9 Å². The molecule has 1 aromatic carbocycles. The molecule has 3 heterocycles. The second-order valence-corrected chi connectivity index (χ2v) is 11.9. The highest BCUT2D eigenvalue weighted by Gasteiger charge is 2.41. The van der Waals surface area contributed by atoms with Gasteiger partial charge in [0.05, 0.1) is 0 Å². The molecule has 6 rings (SSSR count). The lowest BCUT2D eigenvalue weighted by atomic mass is 9.89. The van der Waals surface area contributed by atoms with Gasteiger partial charge in [0, 0.05) is 66.5 Å². The maximum absolute atomic E-state index is 13.4. The van der Waals surface area contributed by atoms with Gasteiger partial charge in [-0.15, -0.1) is 11.3 Å². The molecular weight excluding hydrogens is 486 g/mol. The second kappa shape index (κ2) is 10.5. The minimum Gasteiger partial charge on any atom is -0.368 e. The molecule has 1 atom stereocenters. The number of nitrogens with one attached hydrogen (secondary N) is 2. The summed E-state index contributed by atoms with van der Waals surface area (Å²) < 4.78 is 0. The maximum Gasteiger partial charge on any atom is 0.255 e. The van der Waals surface area contributed by atoms with Crippen molar-refractivity contribution in [3.8, 4) is 0 Å². The van der Waals surface area contributed by atoms with Crippen molar-refractivity contribution in [2.24, 2.45) is 5.92 Å². The number of aromatic nitrogens is 1.